The summed E-state index contributed by atoms with van der Waals surface area (Å²) in [5.41, 5.74) is 0.300. The van der Waals surface area contributed by atoms with Crippen LogP contribution in [0.25, 0.3) is 38.3 Å². The molecule has 0 radical (unpaired) electrons. The van der Waals surface area contributed by atoms with Crippen molar-refractivity contribution in [2.45, 2.75) is 0 Å². The lowest BCUT2D eigenvalue weighted by Crippen LogP contribution is -2.23. The number of methoxy groups -OCH3 is 1. The van der Waals surface area contributed by atoms with E-state index in [1.807, 2.05) is 10.5 Å². The van der Waals surface area contributed by atoms with Gasteiger partial charge in [0.15, 0.2) is 29.5 Å². The van der Waals surface area contributed by atoms with Crippen LogP contribution in [0.3, 0.4) is 0 Å². The molecular formula is C24H13F5NO+. The molecule has 31 heavy (non-hydrogen) atoms. The summed E-state index contributed by atoms with van der Waals surface area (Å²) in [5, 5.41) is 1.54. The van der Waals surface area contributed by atoms with Crippen molar-refractivity contribution < 1.29 is 31.1 Å². The van der Waals surface area contributed by atoms with Crippen LogP contribution in [0.2, 0.25) is 0 Å². The van der Waals surface area contributed by atoms with Gasteiger partial charge in [0.1, 0.15) is 5.75 Å². The molecule has 0 aliphatic heterocycles. The Morgan fingerprint density at radius 2 is 1.29 bits per heavy atom. The summed E-state index contributed by atoms with van der Waals surface area (Å²) in [6, 6.07) is 15.2. The lowest BCUT2D eigenvalue weighted by molar-refractivity contribution is -0.480. The van der Waals surface area contributed by atoms with Gasteiger partial charge in [-0.3, -0.25) is 0 Å². The maximum Gasteiger partial charge on any atom is 0.222 e. The van der Waals surface area contributed by atoms with Gasteiger partial charge in [-0.2, -0.15) is 4.40 Å². The Morgan fingerprint density at radius 3 is 2.00 bits per heavy atom. The molecule has 2 heterocycles. The molecule has 0 atom stereocenters. The van der Waals surface area contributed by atoms with Crippen molar-refractivity contribution in [1.82, 2.24) is 0 Å². The van der Waals surface area contributed by atoms with Gasteiger partial charge in [0, 0.05) is 17.5 Å². The normalized spacial score (nSPS) is 11.5. The monoisotopic (exact) mass is 426 g/mol. The van der Waals surface area contributed by atoms with Crippen LogP contribution in [-0.2, 0) is 0 Å². The molecule has 0 spiro atoms. The zero-order valence-corrected chi connectivity index (χ0v) is 16.0. The first-order valence-electron chi connectivity index (χ1n) is 9.28. The quantitative estimate of drug-likeness (QED) is 0.109. The molecule has 0 unspecified atom stereocenters. The fraction of sp³-hybridized carbons (Fsp3) is 0.0417. The first-order chi connectivity index (χ1) is 14.9. The van der Waals surface area contributed by atoms with E-state index in [9.17, 15) is 22.0 Å². The molecule has 154 valence electrons. The highest BCUT2D eigenvalue weighted by Gasteiger charge is 2.29. The van der Waals surface area contributed by atoms with E-state index in [1.165, 1.54) is 19.2 Å². The highest BCUT2D eigenvalue weighted by Crippen LogP contribution is 2.39. The van der Waals surface area contributed by atoms with Gasteiger partial charge in [-0.15, -0.1) is 0 Å². The lowest BCUT2D eigenvalue weighted by atomic mass is 9.93. The maximum absolute atomic E-state index is 14.7. The summed E-state index contributed by atoms with van der Waals surface area (Å²) < 4.78 is 78.2. The summed E-state index contributed by atoms with van der Waals surface area (Å²) >= 11 is 0. The molecule has 0 aliphatic rings. The second kappa shape index (κ2) is 6.91. The number of nitrogens with zero attached hydrogens (tertiary/aromatic N) is 1. The molecule has 5 rings (SSSR count). The van der Waals surface area contributed by atoms with Crippen LogP contribution in [0.15, 0.2) is 60.8 Å². The Bertz CT molecular complexity index is 1500. The van der Waals surface area contributed by atoms with Gasteiger partial charge in [0.2, 0.25) is 16.9 Å². The lowest BCUT2D eigenvalue weighted by Gasteiger charge is -2.13. The van der Waals surface area contributed by atoms with E-state index in [1.54, 1.807) is 42.6 Å². The molecule has 5 aromatic rings. The average Bonchev–Trinajstić information content (AvgIpc) is 2.81. The first-order valence-corrected chi connectivity index (χ1v) is 9.28. The fourth-order valence-electron chi connectivity index (χ4n) is 4.03. The van der Waals surface area contributed by atoms with E-state index in [4.69, 9.17) is 4.74 Å². The van der Waals surface area contributed by atoms with Gasteiger partial charge >= 0.3 is 0 Å². The number of halogens is 5. The Kier molecular flexibility index (Phi) is 4.28. The van der Waals surface area contributed by atoms with Gasteiger partial charge in [-0.25, -0.2) is 22.0 Å². The van der Waals surface area contributed by atoms with Crippen LogP contribution < -0.4 is 9.14 Å². The van der Waals surface area contributed by atoms with Gasteiger partial charge in [-0.1, -0.05) is 24.3 Å². The summed E-state index contributed by atoms with van der Waals surface area (Å²) in [6.45, 7) is 0. The van der Waals surface area contributed by atoms with Crippen molar-refractivity contribution in [3.8, 4) is 16.9 Å². The minimum atomic E-state index is -2.19. The van der Waals surface area contributed by atoms with Crippen LogP contribution >= 0.6 is 0 Å². The molecular weight excluding hydrogens is 413 g/mol. The maximum atomic E-state index is 14.7. The number of hydrogen-bond acceptors (Lipinski definition) is 1. The number of hydrogen-bond donors (Lipinski definition) is 0. The predicted molar refractivity (Wildman–Crippen MR) is 106 cm³/mol. The average molecular weight is 426 g/mol. The Hall–Kier alpha value is -3.74. The molecule has 0 amide bonds. The largest absolute Gasteiger partial charge is 0.496 e. The smallest absolute Gasteiger partial charge is 0.222 e. The van der Waals surface area contributed by atoms with E-state index in [2.05, 4.69) is 0 Å². The molecule has 3 aromatic carbocycles. The molecule has 0 saturated heterocycles. The van der Waals surface area contributed by atoms with E-state index < -0.39 is 34.6 Å². The highest BCUT2D eigenvalue weighted by molar-refractivity contribution is 6.16. The van der Waals surface area contributed by atoms with Crippen LogP contribution in [0.1, 0.15) is 0 Å². The second-order valence-corrected chi connectivity index (χ2v) is 7.01. The van der Waals surface area contributed by atoms with Gasteiger partial charge in [0.25, 0.3) is 0 Å². The predicted octanol–water partition coefficient (Wildman–Crippen LogP) is 6.10. The van der Waals surface area contributed by atoms with E-state index in [0.717, 1.165) is 0 Å². The van der Waals surface area contributed by atoms with Crippen molar-refractivity contribution in [3.05, 3.63) is 89.9 Å². The molecule has 0 saturated carbocycles. The minimum Gasteiger partial charge on any atom is -0.496 e. The molecule has 0 aliphatic carbocycles. The van der Waals surface area contributed by atoms with E-state index >= 15 is 0 Å². The van der Waals surface area contributed by atoms with Crippen molar-refractivity contribution in [2.24, 2.45) is 0 Å². The van der Waals surface area contributed by atoms with Crippen molar-refractivity contribution in [2.75, 3.05) is 7.11 Å². The fourth-order valence-corrected chi connectivity index (χ4v) is 4.03. The number of para-hydroxylation sites is 1. The molecule has 7 heteroatoms. The number of rotatable bonds is 2. The highest BCUT2D eigenvalue weighted by atomic mass is 19.2. The standard InChI is InChI=1S/C24H13F5NO/c1-31-12-9-10-30-16-8-3-2-5-13(16)18-14(17(30)11-12)6-4-7-15(18)19-20(25)22(27)24(29)23(28)21(19)26/h2-11H,1H3/q+1. The van der Waals surface area contributed by atoms with Crippen LogP contribution in [-0.4, -0.2) is 7.11 Å². The summed E-state index contributed by atoms with van der Waals surface area (Å²) in [4.78, 5) is 0. The third-order valence-electron chi connectivity index (χ3n) is 5.41. The van der Waals surface area contributed by atoms with Crippen LogP contribution in [0.4, 0.5) is 22.0 Å². The summed E-state index contributed by atoms with van der Waals surface area (Å²) in [7, 11) is 1.51. The zero-order valence-electron chi connectivity index (χ0n) is 16.0. The van der Waals surface area contributed by atoms with Crippen LogP contribution in [0.5, 0.6) is 5.75 Å². The molecule has 2 nitrogen and oxygen atoms in total. The topological polar surface area (TPSA) is 13.3 Å². The number of benzene rings is 3. The van der Waals surface area contributed by atoms with Gasteiger partial charge < -0.3 is 4.74 Å². The van der Waals surface area contributed by atoms with E-state index in [-0.39, 0.29) is 5.56 Å². The second-order valence-electron chi connectivity index (χ2n) is 7.01. The van der Waals surface area contributed by atoms with E-state index in [0.29, 0.717) is 32.9 Å². The number of aromatic nitrogens is 1. The zero-order chi connectivity index (χ0) is 21.9. The number of pyridine rings is 2. The minimum absolute atomic E-state index is 0.0909. The SMILES string of the molecule is COc1cc[n+]2c3ccccc3c3c(-c4c(F)c(F)c(F)c(F)c4F)cccc3c2c1. The molecule has 0 bridgehead atoms. The van der Waals surface area contributed by atoms with Crippen molar-refractivity contribution in [1.29, 1.82) is 0 Å². The third-order valence-corrected chi connectivity index (χ3v) is 5.41. The summed E-state index contributed by atoms with van der Waals surface area (Å²) in [6.07, 6.45) is 1.79. The third kappa shape index (κ3) is 2.66. The van der Waals surface area contributed by atoms with Crippen molar-refractivity contribution in [3.63, 3.8) is 0 Å². The number of ether oxygens (including phenoxy) is 1. The Balaban J connectivity index is 2.05. The Labute approximate surface area is 172 Å². The number of fused-ring (bicyclic) bond motifs is 6. The van der Waals surface area contributed by atoms with Crippen LogP contribution in [0, 0.1) is 29.1 Å². The molecule has 2 aromatic heterocycles. The summed E-state index contributed by atoms with van der Waals surface area (Å²) in [5.74, 6) is -9.33. The first kappa shape index (κ1) is 19.2. The van der Waals surface area contributed by atoms with Crippen molar-refractivity contribution >= 4 is 27.2 Å². The van der Waals surface area contributed by atoms with Gasteiger partial charge in [-0.05, 0) is 17.7 Å². The van der Waals surface area contributed by atoms with Gasteiger partial charge in [0.05, 0.1) is 29.5 Å². The molecule has 0 fully saturated rings. The molecule has 0 N–H and O–H groups in total. The Morgan fingerprint density at radius 1 is 0.677 bits per heavy atom.